The van der Waals surface area contributed by atoms with Crippen molar-refractivity contribution >= 4 is 31.9 Å². The molecule has 1 aromatic carbocycles. The molecule has 1 fully saturated rings. The normalized spacial score (nSPS) is 14.1. The average Bonchev–Trinajstić information content (AvgIpc) is 3.43. The third-order valence-electron chi connectivity index (χ3n) is 3.87. The molecule has 1 aliphatic rings. The van der Waals surface area contributed by atoms with Crippen LogP contribution in [-0.4, -0.2) is 32.5 Å². The Hall–Kier alpha value is -1.97. The highest BCUT2D eigenvalue weighted by Gasteiger charge is 2.28. The minimum absolute atomic E-state index is 0.000955. The molecule has 26 heavy (non-hydrogen) atoms. The fourth-order valence-electron chi connectivity index (χ4n) is 2.35. The van der Waals surface area contributed by atoms with Crippen molar-refractivity contribution in [1.82, 2.24) is 15.0 Å². The van der Waals surface area contributed by atoms with Crippen molar-refractivity contribution in [2.75, 3.05) is 7.11 Å². The fourth-order valence-corrected chi connectivity index (χ4v) is 4.10. The lowest BCUT2D eigenvalue weighted by atomic mass is 10.2. The van der Waals surface area contributed by atoms with Gasteiger partial charge in [-0.15, -0.1) is 0 Å². The van der Waals surface area contributed by atoms with Gasteiger partial charge in [-0.25, -0.2) is 18.1 Å². The van der Waals surface area contributed by atoms with E-state index in [0.29, 0.717) is 10.4 Å². The predicted molar refractivity (Wildman–Crippen MR) is 99.4 cm³/mol. The maximum Gasteiger partial charge on any atom is 0.252 e. The Morgan fingerprint density at radius 2 is 2.12 bits per heavy atom. The SMILES string of the molecule is COc1ncccc1CNC(=O)c1cc(S(=O)(=O)NC2CC2)ccc1Br. The number of ether oxygens (including phenoxy) is 1. The van der Waals surface area contributed by atoms with Crippen LogP contribution in [0.4, 0.5) is 0 Å². The number of aromatic nitrogens is 1. The molecule has 0 spiro atoms. The van der Waals surface area contributed by atoms with E-state index < -0.39 is 15.9 Å². The first-order valence-corrected chi connectivity index (χ1v) is 10.3. The topological polar surface area (TPSA) is 97.4 Å². The molecule has 1 heterocycles. The number of hydrogen-bond donors (Lipinski definition) is 2. The first kappa shape index (κ1) is 18.8. The van der Waals surface area contributed by atoms with Crippen LogP contribution in [-0.2, 0) is 16.6 Å². The molecule has 7 nitrogen and oxygen atoms in total. The molecular formula is C17H18BrN3O4S. The number of nitrogens with zero attached hydrogens (tertiary/aromatic N) is 1. The highest BCUT2D eigenvalue weighted by atomic mass is 79.9. The second-order valence-corrected chi connectivity index (χ2v) is 8.46. The summed E-state index contributed by atoms with van der Waals surface area (Å²) >= 11 is 3.30. The summed E-state index contributed by atoms with van der Waals surface area (Å²) in [6, 6.07) is 7.93. The Morgan fingerprint density at radius 1 is 1.35 bits per heavy atom. The average molecular weight is 440 g/mol. The number of sulfonamides is 1. The second-order valence-electron chi connectivity index (χ2n) is 5.89. The lowest BCUT2D eigenvalue weighted by Crippen LogP contribution is -2.27. The summed E-state index contributed by atoms with van der Waals surface area (Å²) in [5.41, 5.74) is 0.963. The lowest BCUT2D eigenvalue weighted by molar-refractivity contribution is 0.0949. The monoisotopic (exact) mass is 439 g/mol. The number of hydrogen-bond acceptors (Lipinski definition) is 5. The summed E-state index contributed by atoms with van der Waals surface area (Å²) in [5.74, 6) is 0.0306. The summed E-state index contributed by atoms with van der Waals surface area (Å²) < 4.78 is 33.0. The number of nitrogens with one attached hydrogen (secondary N) is 2. The molecule has 0 atom stereocenters. The van der Waals surface area contributed by atoms with Crippen molar-refractivity contribution in [3.8, 4) is 5.88 Å². The van der Waals surface area contributed by atoms with Crippen molar-refractivity contribution in [3.63, 3.8) is 0 Å². The number of benzene rings is 1. The highest BCUT2D eigenvalue weighted by Crippen LogP contribution is 2.25. The van der Waals surface area contributed by atoms with E-state index in [-0.39, 0.29) is 23.0 Å². The first-order valence-electron chi connectivity index (χ1n) is 7.98. The Morgan fingerprint density at radius 3 is 2.81 bits per heavy atom. The van der Waals surface area contributed by atoms with E-state index in [4.69, 9.17) is 4.74 Å². The van der Waals surface area contributed by atoms with Gasteiger partial charge in [0, 0.05) is 28.8 Å². The number of rotatable bonds is 7. The number of carbonyl (C=O) groups is 1. The Bertz CT molecular complexity index is 929. The van der Waals surface area contributed by atoms with Crippen molar-refractivity contribution in [2.24, 2.45) is 0 Å². The van der Waals surface area contributed by atoms with Crippen LogP contribution in [0.2, 0.25) is 0 Å². The number of methoxy groups -OCH3 is 1. The number of pyridine rings is 1. The first-order chi connectivity index (χ1) is 12.4. The summed E-state index contributed by atoms with van der Waals surface area (Å²) in [6.07, 6.45) is 3.29. The molecule has 1 aliphatic carbocycles. The third-order valence-corrected chi connectivity index (χ3v) is 6.08. The number of halogens is 1. The van der Waals surface area contributed by atoms with Gasteiger partial charge in [0.05, 0.1) is 17.6 Å². The van der Waals surface area contributed by atoms with Crippen LogP contribution in [0, 0.1) is 0 Å². The summed E-state index contributed by atoms with van der Waals surface area (Å²) in [6.45, 7) is 0.208. The Balaban J connectivity index is 1.77. The van der Waals surface area contributed by atoms with Crippen molar-refractivity contribution in [2.45, 2.75) is 30.3 Å². The molecular weight excluding hydrogens is 422 g/mol. The number of amides is 1. The predicted octanol–water partition coefficient (Wildman–Crippen LogP) is 2.22. The van der Waals surface area contributed by atoms with Gasteiger partial charge in [-0.2, -0.15) is 0 Å². The second kappa shape index (κ2) is 7.73. The van der Waals surface area contributed by atoms with Gasteiger partial charge in [-0.3, -0.25) is 4.79 Å². The van der Waals surface area contributed by atoms with Gasteiger partial charge in [-0.05, 0) is 53.0 Å². The molecule has 2 aromatic rings. The van der Waals surface area contributed by atoms with E-state index >= 15 is 0 Å². The van der Waals surface area contributed by atoms with E-state index in [2.05, 4.69) is 31.0 Å². The maximum absolute atomic E-state index is 12.5. The largest absolute Gasteiger partial charge is 0.481 e. The smallest absolute Gasteiger partial charge is 0.252 e. The van der Waals surface area contributed by atoms with Crippen LogP contribution in [0.1, 0.15) is 28.8 Å². The summed E-state index contributed by atoms with van der Waals surface area (Å²) in [7, 11) is -2.12. The van der Waals surface area contributed by atoms with Gasteiger partial charge in [0.2, 0.25) is 15.9 Å². The van der Waals surface area contributed by atoms with E-state index in [1.54, 1.807) is 24.4 Å². The summed E-state index contributed by atoms with van der Waals surface area (Å²) in [4.78, 5) is 16.7. The van der Waals surface area contributed by atoms with Crippen LogP contribution in [0.25, 0.3) is 0 Å². The minimum atomic E-state index is -3.63. The standard InChI is InChI=1S/C17H18BrN3O4S/c1-25-17-11(3-2-8-19-17)10-20-16(22)14-9-13(6-7-15(14)18)26(23,24)21-12-4-5-12/h2-3,6-9,12,21H,4-5,10H2,1H3,(H,20,22). The van der Waals surface area contributed by atoms with Crippen LogP contribution in [0.5, 0.6) is 5.88 Å². The zero-order chi connectivity index (χ0) is 18.7. The lowest BCUT2D eigenvalue weighted by Gasteiger charge is -2.11. The molecule has 0 saturated heterocycles. The van der Waals surface area contributed by atoms with E-state index in [0.717, 1.165) is 18.4 Å². The van der Waals surface area contributed by atoms with Gasteiger partial charge in [0.1, 0.15) is 0 Å². The highest BCUT2D eigenvalue weighted by molar-refractivity contribution is 9.10. The molecule has 0 unspecified atom stereocenters. The molecule has 0 radical (unpaired) electrons. The zero-order valence-electron chi connectivity index (χ0n) is 14.0. The zero-order valence-corrected chi connectivity index (χ0v) is 16.4. The molecule has 9 heteroatoms. The molecule has 1 aromatic heterocycles. The van der Waals surface area contributed by atoms with Gasteiger partial charge in [0.25, 0.3) is 5.91 Å². The van der Waals surface area contributed by atoms with Gasteiger partial charge in [-0.1, -0.05) is 6.07 Å². The van der Waals surface area contributed by atoms with E-state index in [1.165, 1.54) is 19.2 Å². The molecule has 1 amide bonds. The van der Waals surface area contributed by atoms with Crippen LogP contribution in [0.3, 0.4) is 0 Å². The van der Waals surface area contributed by atoms with Crippen LogP contribution < -0.4 is 14.8 Å². The molecule has 1 saturated carbocycles. The van der Waals surface area contributed by atoms with Crippen LogP contribution in [0.15, 0.2) is 45.9 Å². The third kappa shape index (κ3) is 4.40. The van der Waals surface area contributed by atoms with Crippen molar-refractivity contribution < 1.29 is 17.9 Å². The quantitative estimate of drug-likeness (QED) is 0.688. The van der Waals surface area contributed by atoms with Gasteiger partial charge < -0.3 is 10.1 Å². The Labute approximate surface area is 160 Å². The molecule has 0 bridgehead atoms. The van der Waals surface area contributed by atoms with Crippen LogP contribution >= 0.6 is 15.9 Å². The van der Waals surface area contributed by atoms with E-state index in [1.807, 2.05) is 0 Å². The fraction of sp³-hybridized carbons (Fsp3) is 0.294. The van der Waals surface area contributed by atoms with Gasteiger partial charge in [0.15, 0.2) is 0 Å². The molecule has 3 rings (SSSR count). The number of carbonyl (C=O) groups excluding carboxylic acids is 1. The maximum atomic E-state index is 12.5. The van der Waals surface area contributed by atoms with Crippen molar-refractivity contribution in [1.29, 1.82) is 0 Å². The molecule has 2 N–H and O–H groups in total. The Kier molecular flexibility index (Phi) is 5.59. The van der Waals surface area contributed by atoms with E-state index in [9.17, 15) is 13.2 Å². The van der Waals surface area contributed by atoms with Gasteiger partial charge >= 0.3 is 0 Å². The van der Waals surface area contributed by atoms with Crippen molar-refractivity contribution in [3.05, 3.63) is 52.1 Å². The summed E-state index contributed by atoms with van der Waals surface area (Å²) in [5, 5.41) is 2.76. The molecule has 0 aliphatic heterocycles. The molecule has 138 valence electrons. The minimum Gasteiger partial charge on any atom is -0.481 e.